The fourth-order valence-electron chi connectivity index (χ4n) is 1.36. The van der Waals surface area contributed by atoms with Gasteiger partial charge in [0, 0.05) is 0 Å². The van der Waals surface area contributed by atoms with E-state index in [9.17, 15) is 5.11 Å². The lowest BCUT2D eigenvalue weighted by Crippen LogP contribution is -2.28. The van der Waals surface area contributed by atoms with Crippen LogP contribution in [0.5, 0.6) is 0 Å². The second-order valence-electron chi connectivity index (χ2n) is 3.10. The maximum absolute atomic E-state index is 9.90. The van der Waals surface area contributed by atoms with Gasteiger partial charge < -0.3 is 15.3 Å². The molecule has 0 aliphatic heterocycles. The van der Waals surface area contributed by atoms with E-state index in [1.54, 1.807) is 6.92 Å². The molecule has 3 nitrogen and oxygen atoms in total. The third-order valence-electron chi connectivity index (χ3n) is 2.26. The fourth-order valence-corrected chi connectivity index (χ4v) is 2.20. The lowest BCUT2D eigenvalue weighted by atomic mass is 10.1. The van der Waals surface area contributed by atoms with Gasteiger partial charge in [0.1, 0.15) is 0 Å². The maximum Gasteiger partial charge on any atom is 0.0966 e. The van der Waals surface area contributed by atoms with Crippen molar-refractivity contribution in [1.29, 1.82) is 0 Å². The Labute approximate surface area is 83.6 Å². The van der Waals surface area contributed by atoms with Gasteiger partial charge in [-0.1, -0.05) is 0 Å². The van der Waals surface area contributed by atoms with E-state index in [0.717, 1.165) is 0 Å². The van der Waals surface area contributed by atoms with Crippen LogP contribution >= 0.6 is 0 Å². The van der Waals surface area contributed by atoms with E-state index < -0.39 is 5.60 Å². The summed E-state index contributed by atoms with van der Waals surface area (Å²) in [5.41, 5.74) is -0.104. The van der Waals surface area contributed by atoms with E-state index in [-0.39, 0.29) is 13.2 Å². The molecule has 5 heteroatoms. The average Bonchev–Trinajstić information content (AvgIpc) is 2.26. The van der Waals surface area contributed by atoms with Crippen molar-refractivity contribution in [2.24, 2.45) is 0 Å². The third-order valence-corrected chi connectivity index (χ3v) is 3.83. The molecule has 6 radical (unpaired) electrons. The van der Waals surface area contributed by atoms with Crippen LogP contribution in [0.3, 0.4) is 0 Å². The van der Waals surface area contributed by atoms with Gasteiger partial charge in [-0.05, 0) is 28.5 Å². The van der Waals surface area contributed by atoms with Gasteiger partial charge in [0.05, 0.1) is 39.3 Å². The lowest BCUT2D eigenvalue weighted by Gasteiger charge is -2.21. The molecule has 0 unspecified atom stereocenters. The Morgan fingerprint density at radius 3 is 1.62 bits per heavy atom. The highest BCUT2D eigenvalue weighted by atomic mass is 28.1. The van der Waals surface area contributed by atoms with E-state index in [2.05, 4.69) is 20.5 Å². The second kappa shape index (κ2) is 3.51. The Balaban J connectivity index is 3.25. The van der Waals surface area contributed by atoms with Crippen LogP contribution in [0.15, 0.2) is 21.5 Å². The number of aliphatic hydroxyl groups excluding tert-OH is 2. The SMILES string of the molecule is CC1(O)C([Si])=C(CO)C(CO)=C1[Si]. The third kappa shape index (κ3) is 1.46. The minimum absolute atomic E-state index is 0.209. The summed E-state index contributed by atoms with van der Waals surface area (Å²) in [6.45, 7) is 1.16. The molecule has 1 rings (SSSR count). The van der Waals surface area contributed by atoms with Crippen molar-refractivity contribution < 1.29 is 15.3 Å². The molecule has 0 heterocycles. The molecular weight excluding hydrogens is 200 g/mol. The number of hydrogen-bond donors (Lipinski definition) is 3. The van der Waals surface area contributed by atoms with Crippen molar-refractivity contribution in [3.8, 4) is 0 Å². The van der Waals surface area contributed by atoms with E-state index in [4.69, 9.17) is 10.2 Å². The quantitative estimate of drug-likeness (QED) is 0.490. The molecule has 0 bridgehead atoms. The summed E-state index contributed by atoms with van der Waals surface area (Å²) in [7, 11) is 6.49. The zero-order valence-corrected chi connectivity index (χ0v) is 9.26. The Hall–Kier alpha value is -0.206. The molecule has 0 aromatic carbocycles. The smallest absolute Gasteiger partial charge is 0.0966 e. The van der Waals surface area contributed by atoms with Crippen LogP contribution < -0.4 is 0 Å². The normalized spacial score (nSPS) is 21.7. The summed E-state index contributed by atoms with van der Waals surface area (Å²) in [6.07, 6.45) is 0. The van der Waals surface area contributed by atoms with Crippen LogP contribution in [0.2, 0.25) is 0 Å². The molecule has 1 aliphatic rings. The van der Waals surface area contributed by atoms with Crippen LogP contribution in [-0.2, 0) is 0 Å². The van der Waals surface area contributed by atoms with Gasteiger partial charge in [-0.25, -0.2) is 0 Å². The maximum atomic E-state index is 9.90. The number of rotatable bonds is 2. The summed E-state index contributed by atoms with van der Waals surface area (Å²) >= 11 is 0. The first-order valence-electron chi connectivity index (χ1n) is 3.81. The van der Waals surface area contributed by atoms with E-state index in [1.807, 2.05) is 0 Å². The predicted octanol–water partition coefficient (Wildman–Crippen LogP) is -1.42. The van der Waals surface area contributed by atoms with Crippen molar-refractivity contribution in [2.75, 3.05) is 13.2 Å². The molecule has 0 saturated heterocycles. The first-order chi connectivity index (χ1) is 5.96. The van der Waals surface area contributed by atoms with Crippen LogP contribution in [-0.4, -0.2) is 54.6 Å². The van der Waals surface area contributed by atoms with Gasteiger partial charge in [-0.3, -0.25) is 0 Å². The van der Waals surface area contributed by atoms with Crippen LogP contribution in [0.1, 0.15) is 6.92 Å². The monoisotopic (exact) mass is 210 g/mol. The Kier molecular flexibility index (Phi) is 2.93. The topological polar surface area (TPSA) is 60.7 Å². The van der Waals surface area contributed by atoms with Gasteiger partial charge in [-0.2, -0.15) is 0 Å². The van der Waals surface area contributed by atoms with Gasteiger partial charge in [0.15, 0.2) is 0 Å². The molecule has 0 aromatic heterocycles. The largest absolute Gasteiger partial charge is 0.392 e. The highest BCUT2D eigenvalue weighted by molar-refractivity contribution is 6.31. The Morgan fingerprint density at radius 2 is 1.38 bits per heavy atom. The minimum atomic E-state index is -1.18. The summed E-state index contributed by atoms with van der Waals surface area (Å²) in [5, 5.41) is 28.9. The van der Waals surface area contributed by atoms with Gasteiger partial charge in [0.2, 0.25) is 0 Å². The van der Waals surface area contributed by atoms with Crippen LogP contribution in [0.25, 0.3) is 0 Å². The molecule has 0 aromatic rings. The highest BCUT2D eigenvalue weighted by Gasteiger charge is 2.35. The summed E-state index contributed by atoms with van der Waals surface area (Å²) in [5.74, 6) is 0. The highest BCUT2D eigenvalue weighted by Crippen LogP contribution is 2.36. The fraction of sp³-hybridized carbons (Fsp3) is 0.500. The number of hydrogen-bond acceptors (Lipinski definition) is 3. The Bertz CT molecular complexity index is 264. The molecule has 1 aliphatic carbocycles. The first kappa shape index (κ1) is 10.9. The molecule has 0 saturated carbocycles. The van der Waals surface area contributed by atoms with Gasteiger partial charge in [0.25, 0.3) is 0 Å². The number of aliphatic hydroxyl groups is 3. The van der Waals surface area contributed by atoms with Gasteiger partial charge in [-0.15, -0.1) is 0 Å². The average molecular weight is 210 g/mol. The van der Waals surface area contributed by atoms with Gasteiger partial charge >= 0.3 is 0 Å². The first-order valence-corrected chi connectivity index (χ1v) is 4.81. The summed E-state index contributed by atoms with van der Waals surface area (Å²) in [4.78, 5) is 0. The molecule has 3 N–H and O–H groups in total. The van der Waals surface area contributed by atoms with Crippen LogP contribution in [0, 0.1) is 0 Å². The zero-order chi connectivity index (χ0) is 10.2. The molecule has 0 atom stereocenters. The predicted molar refractivity (Wildman–Crippen MR) is 50.4 cm³/mol. The van der Waals surface area contributed by atoms with Crippen molar-refractivity contribution in [3.63, 3.8) is 0 Å². The van der Waals surface area contributed by atoms with Crippen molar-refractivity contribution in [3.05, 3.63) is 21.5 Å². The van der Waals surface area contributed by atoms with Crippen molar-refractivity contribution in [1.82, 2.24) is 0 Å². The lowest BCUT2D eigenvalue weighted by molar-refractivity contribution is 0.155. The van der Waals surface area contributed by atoms with E-state index in [1.165, 1.54) is 0 Å². The van der Waals surface area contributed by atoms with Crippen molar-refractivity contribution >= 4 is 20.5 Å². The summed E-state index contributed by atoms with van der Waals surface area (Å²) in [6, 6.07) is 0. The summed E-state index contributed by atoms with van der Waals surface area (Å²) < 4.78 is 0. The standard InChI is InChI=1S/C8H10O3Si2/c1-8(11)6(12)4(2-9)5(3-10)7(8)13/h9-11H,2-3H2,1H3. The van der Waals surface area contributed by atoms with Crippen LogP contribution in [0.4, 0.5) is 0 Å². The van der Waals surface area contributed by atoms with E-state index in [0.29, 0.717) is 21.5 Å². The van der Waals surface area contributed by atoms with E-state index >= 15 is 0 Å². The molecule has 68 valence electrons. The zero-order valence-electron chi connectivity index (χ0n) is 7.26. The second-order valence-corrected chi connectivity index (χ2v) is 4.10. The minimum Gasteiger partial charge on any atom is -0.392 e. The Morgan fingerprint density at radius 1 is 1.08 bits per heavy atom. The molecule has 0 fully saturated rings. The molecule has 0 amide bonds. The molecular formula is C8H10O3Si2. The molecule has 13 heavy (non-hydrogen) atoms. The van der Waals surface area contributed by atoms with Crippen molar-refractivity contribution in [2.45, 2.75) is 12.5 Å². The molecule has 0 spiro atoms.